The molecule has 0 saturated heterocycles. The van der Waals surface area contributed by atoms with E-state index in [9.17, 15) is 0 Å². The first-order chi connectivity index (χ1) is 8.34. The number of hydrogen-bond donors (Lipinski definition) is 1. The van der Waals surface area contributed by atoms with E-state index in [4.69, 9.17) is 4.74 Å². The van der Waals surface area contributed by atoms with Crippen LogP contribution >= 0.6 is 11.3 Å². The Morgan fingerprint density at radius 3 is 2.65 bits per heavy atom. The molecule has 3 heteroatoms. The Bertz CT molecular complexity index is 438. The van der Waals surface area contributed by atoms with Gasteiger partial charge in [0.1, 0.15) is 12.4 Å². The number of aryl methyl sites for hydroxylation is 1. The predicted molar refractivity (Wildman–Crippen MR) is 72.7 cm³/mol. The lowest BCUT2D eigenvalue weighted by Gasteiger charge is -2.06. The van der Waals surface area contributed by atoms with E-state index >= 15 is 0 Å². The minimum Gasteiger partial charge on any atom is -0.492 e. The van der Waals surface area contributed by atoms with E-state index in [1.165, 1.54) is 9.75 Å². The molecule has 1 heterocycles. The summed E-state index contributed by atoms with van der Waals surface area (Å²) in [6.45, 7) is 4.63. The van der Waals surface area contributed by atoms with E-state index in [1.807, 2.05) is 41.7 Å². The van der Waals surface area contributed by atoms with E-state index in [0.717, 1.165) is 18.8 Å². The van der Waals surface area contributed by atoms with Gasteiger partial charge in [-0.15, -0.1) is 11.3 Å². The van der Waals surface area contributed by atoms with Crippen LogP contribution in [0.1, 0.15) is 9.75 Å². The Labute approximate surface area is 106 Å². The fourth-order valence-corrected chi connectivity index (χ4v) is 2.41. The standard InChI is InChI=1S/C14H17NOS/c1-12-7-8-14(17-12)11-15-9-10-16-13-5-3-2-4-6-13/h2-8,15H,9-11H2,1H3. The first kappa shape index (κ1) is 12.1. The van der Waals surface area contributed by atoms with Crippen LogP contribution < -0.4 is 10.1 Å². The fourth-order valence-electron chi connectivity index (χ4n) is 1.55. The van der Waals surface area contributed by atoms with Gasteiger partial charge < -0.3 is 10.1 Å². The molecule has 0 radical (unpaired) electrons. The predicted octanol–water partition coefficient (Wildman–Crippen LogP) is 3.23. The van der Waals surface area contributed by atoms with Crippen LogP contribution in [0.25, 0.3) is 0 Å². The molecule has 0 spiro atoms. The molecular weight excluding hydrogens is 230 g/mol. The van der Waals surface area contributed by atoms with Crippen molar-refractivity contribution >= 4 is 11.3 Å². The maximum absolute atomic E-state index is 5.59. The van der Waals surface area contributed by atoms with Crippen molar-refractivity contribution in [3.63, 3.8) is 0 Å². The quantitative estimate of drug-likeness (QED) is 0.791. The van der Waals surface area contributed by atoms with Crippen molar-refractivity contribution in [3.05, 3.63) is 52.2 Å². The largest absolute Gasteiger partial charge is 0.492 e. The van der Waals surface area contributed by atoms with E-state index in [0.29, 0.717) is 6.61 Å². The molecule has 0 aliphatic carbocycles. The Balaban J connectivity index is 1.61. The molecule has 1 N–H and O–H groups in total. The summed E-state index contributed by atoms with van der Waals surface area (Å²) in [7, 11) is 0. The molecule has 0 atom stereocenters. The van der Waals surface area contributed by atoms with Gasteiger partial charge in [-0.25, -0.2) is 0 Å². The van der Waals surface area contributed by atoms with Crippen molar-refractivity contribution in [1.82, 2.24) is 5.32 Å². The van der Waals surface area contributed by atoms with Gasteiger partial charge in [0.05, 0.1) is 0 Å². The lowest BCUT2D eigenvalue weighted by molar-refractivity contribution is 0.314. The van der Waals surface area contributed by atoms with Gasteiger partial charge >= 0.3 is 0 Å². The zero-order valence-electron chi connectivity index (χ0n) is 9.98. The molecule has 2 aromatic rings. The van der Waals surface area contributed by atoms with Gasteiger partial charge in [-0.05, 0) is 31.2 Å². The smallest absolute Gasteiger partial charge is 0.119 e. The third-order valence-electron chi connectivity index (χ3n) is 2.39. The number of thiophene rings is 1. The van der Waals surface area contributed by atoms with Crippen LogP contribution in [0.4, 0.5) is 0 Å². The molecule has 1 aromatic carbocycles. The highest BCUT2D eigenvalue weighted by Gasteiger charge is 1.96. The highest BCUT2D eigenvalue weighted by atomic mass is 32.1. The van der Waals surface area contributed by atoms with Gasteiger partial charge in [-0.2, -0.15) is 0 Å². The molecule has 0 amide bonds. The van der Waals surface area contributed by atoms with Crippen LogP contribution in [0.3, 0.4) is 0 Å². The number of para-hydroxylation sites is 1. The Morgan fingerprint density at radius 1 is 1.12 bits per heavy atom. The summed E-state index contributed by atoms with van der Waals surface area (Å²) in [5.41, 5.74) is 0. The van der Waals surface area contributed by atoms with E-state index in [-0.39, 0.29) is 0 Å². The van der Waals surface area contributed by atoms with Crippen LogP contribution in [0.5, 0.6) is 5.75 Å². The number of hydrogen-bond acceptors (Lipinski definition) is 3. The Morgan fingerprint density at radius 2 is 1.94 bits per heavy atom. The Hall–Kier alpha value is -1.32. The van der Waals surface area contributed by atoms with Gasteiger partial charge in [0, 0.05) is 22.8 Å². The second kappa shape index (κ2) is 6.42. The molecule has 0 aliphatic heterocycles. The molecule has 0 bridgehead atoms. The number of rotatable bonds is 6. The molecule has 2 rings (SSSR count). The van der Waals surface area contributed by atoms with Crippen LogP contribution in [0.15, 0.2) is 42.5 Å². The van der Waals surface area contributed by atoms with Crippen LogP contribution in [0, 0.1) is 6.92 Å². The van der Waals surface area contributed by atoms with Crippen molar-refractivity contribution < 1.29 is 4.74 Å². The van der Waals surface area contributed by atoms with Crippen LogP contribution in [0.2, 0.25) is 0 Å². The molecule has 0 fully saturated rings. The molecule has 17 heavy (non-hydrogen) atoms. The molecule has 90 valence electrons. The second-order valence-corrected chi connectivity index (χ2v) is 5.22. The second-order valence-electron chi connectivity index (χ2n) is 3.85. The summed E-state index contributed by atoms with van der Waals surface area (Å²) >= 11 is 1.84. The summed E-state index contributed by atoms with van der Waals surface area (Å²) in [6, 6.07) is 14.2. The van der Waals surface area contributed by atoms with E-state index < -0.39 is 0 Å². The third kappa shape index (κ3) is 4.21. The Kier molecular flexibility index (Phi) is 4.59. The first-order valence-corrected chi connectivity index (χ1v) is 6.60. The number of ether oxygens (including phenoxy) is 1. The zero-order chi connectivity index (χ0) is 11.9. The highest BCUT2D eigenvalue weighted by molar-refractivity contribution is 7.11. The summed E-state index contributed by atoms with van der Waals surface area (Å²) < 4.78 is 5.59. The highest BCUT2D eigenvalue weighted by Crippen LogP contribution is 2.14. The monoisotopic (exact) mass is 247 g/mol. The first-order valence-electron chi connectivity index (χ1n) is 5.78. The SMILES string of the molecule is Cc1ccc(CNCCOc2ccccc2)s1. The number of nitrogens with one attached hydrogen (secondary N) is 1. The van der Waals surface area contributed by atoms with Crippen molar-refractivity contribution in [2.75, 3.05) is 13.2 Å². The molecule has 0 saturated carbocycles. The average Bonchev–Trinajstić information content (AvgIpc) is 2.76. The van der Waals surface area contributed by atoms with E-state index in [2.05, 4.69) is 24.4 Å². The van der Waals surface area contributed by atoms with Gasteiger partial charge in [0.25, 0.3) is 0 Å². The van der Waals surface area contributed by atoms with Gasteiger partial charge in [0.2, 0.25) is 0 Å². The molecule has 2 nitrogen and oxygen atoms in total. The maximum Gasteiger partial charge on any atom is 0.119 e. The third-order valence-corrected chi connectivity index (χ3v) is 3.39. The maximum atomic E-state index is 5.59. The van der Waals surface area contributed by atoms with Crippen molar-refractivity contribution in [3.8, 4) is 5.75 Å². The minimum absolute atomic E-state index is 0.703. The lowest BCUT2D eigenvalue weighted by atomic mass is 10.3. The summed E-state index contributed by atoms with van der Waals surface area (Å²) in [4.78, 5) is 2.74. The normalized spacial score (nSPS) is 10.4. The van der Waals surface area contributed by atoms with E-state index in [1.54, 1.807) is 0 Å². The molecule has 1 aromatic heterocycles. The fraction of sp³-hybridized carbons (Fsp3) is 0.286. The topological polar surface area (TPSA) is 21.3 Å². The van der Waals surface area contributed by atoms with Crippen LogP contribution in [-0.4, -0.2) is 13.2 Å². The average molecular weight is 247 g/mol. The van der Waals surface area contributed by atoms with Gasteiger partial charge in [-0.1, -0.05) is 18.2 Å². The zero-order valence-corrected chi connectivity index (χ0v) is 10.8. The molecular formula is C14H17NOS. The molecule has 0 unspecified atom stereocenters. The lowest BCUT2D eigenvalue weighted by Crippen LogP contribution is -2.20. The van der Waals surface area contributed by atoms with Crippen molar-refractivity contribution in [2.45, 2.75) is 13.5 Å². The minimum atomic E-state index is 0.703. The summed E-state index contributed by atoms with van der Waals surface area (Å²) in [5.74, 6) is 0.932. The molecule has 0 aliphatic rings. The number of benzene rings is 1. The summed E-state index contributed by atoms with van der Waals surface area (Å²) in [5, 5.41) is 3.37. The van der Waals surface area contributed by atoms with Gasteiger partial charge in [-0.3, -0.25) is 0 Å². The van der Waals surface area contributed by atoms with Crippen LogP contribution in [-0.2, 0) is 6.54 Å². The van der Waals surface area contributed by atoms with Crippen molar-refractivity contribution in [2.24, 2.45) is 0 Å². The van der Waals surface area contributed by atoms with Gasteiger partial charge in [0.15, 0.2) is 0 Å². The van der Waals surface area contributed by atoms with Crippen molar-refractivity contribution in [1.29, 1.82) is 0 Å². The summed E-state index contributed by atoms with van der Waals surface area (Å²) in [6.07, 6.45) is 0.